The molecule has 0 radical (unpaired) electrons. The fourth-order valence-electron chi connectivity index (χ4n) is 2.01. The van der Waals surface area contributed by atoms with Crippen LogP contribution in [0.25, 0.3) is 11.1 Å². The molecule has 0 saturated heterocycles. The third-order valence-corrected chi connectivity index (χ3v) is 2.96. The third kappa shape index (κ3) is 2.59. The highest BCUT2D eigenvalue weighted by Gasteiger charge is 2.24. The summed E-state index contributed by atoms with van der Waals surface area (Å²) in [5.41, 5.74) is 0.615. The van der Waals surface area contributed by atoms with Gasteiger partial charge in [0, 0.05) is 35.1 Å². The first-order chi connectivity index (χ1) is 9.30. The molecule has 6 nitrogen and oxygen atoms in total. The van der Waals surface area contributed by atoms with Gasteiger partial charge in [-0.2, -0.15) is 0 Å². The summed E-state index contributed by atoms with van der Waals surface area (Å²) in [5.74, 6) is 0. The minimum atomic E-state index is -0.683. The van der Waals surface area contributed by atoms with Crippen LogP contribution in [0.1, 0.15) is 26.5 Å². The number of pyridine rings is 2. The quantitative estimate of drug-likeness (QED) is 0.672. The second kappa shape index (κ2) is 4.88. The van der Waals surface area contributed by atoms with E-state index in [4.69, 9.17) is 0 Å². The summed E-state index contributed by atoms with van der Waals surface area (Å²) in [6, 6.07) is 4.84. The van der Waals surface area contributed by atoms with Crippen LogP contribution in [-0.4, -0.2) is 14.9 Å². The maximum Gasteiger partial charge on any atom is 0.334 e. The second-order valence-corrected chi connectivity index (χ2v) is 5.52. The van der Waals surface area contributed by atoms with Gasteiger partial charge in [0.05, 0.1) is 4.92 Å². The number of aromatic amines is 1. The van der Waals surface area contributed by atoms with E-state index in [9.17, 15) is 14.9 Å². The van der Waals surface area contributed by atoms with Gasteiger partial charge < -0.3 is 4.98 Å². The van der Waals surface area contributed by atoms with Gasteiger partial charge in [-0.15, -0.1) is 0 Å². The number of aromatic nitrogens is 2. The molecular formula is C14H15N3O3. The van der Waals surface area contributed by atoms with Gasteiger partial charge in [-0.25, -0.2) is 0 Å². The van der Waals surface area contributed by atoms with Crippen LogP contribution in [0.5, 0.6) is 0 Å². The predicted molar refractivity (Wildman–Crippen MR) is 75.6 cm³/mol. The first-order valence-electron chi connectivity index (χ1n) is 6.13. The average molecular weight is 273 g/mol. The molecule has 1 N–H and O–H groups in total. The van der Waals surface area contributed by atoms with Crippen LogP contribution in [0.2, 0.25) is 0 Å². The minimum absolute atomic E-state index is 0.340. The molecule has 6 heteroatoms. The first kappa shape index (κ1) is 13.9. The first-order valence-corrected chi connectivity index (χ1v) is 6.13. The Morgan fingerprint density at radius 1 is 1.25 bits per heavy atom. The SMILES string of the molecule is CC(C)(C)c1[nH]c(=O)c([N+](=O)[O-])cc1-c1ccncc1. The molecule has 0 aromatic carbocycles. The van der Waals surface area contributed by atoms with E-state index in [-0.39, 0.29) is 5.41 Å². The van der Waals surface area contributed by atoms with E-state index in [1.165, 1.54) is 6.07 Å². The van der Waals surface area contributed by atoms with Gasteiger partial charge in [0.15, 0.2) is 0 Å². The second-order valence-electron chi connectivity index (χ2n) is 5.52. The van der Waals surface area contributed by atoms with Gasteiger partial charge >= 0.3 is 11.2 Å². The standard InChI is InChI=1S/C14H15N3O3/c1-14(2,3)12-10(9-4-6-15-7-5-9)8-11(17(19)20)13(18)16-12/h4-8H,1-3H3,(H,16,18). The Balaban J connectivity index is 2.79. The Kier molecular flexibility index (Phi) is 3.40. The van der Waals surface area contributed by atoms with E-state index in [0.717, 1.165) is 5.56 Å². The van der Waals surface area contributed by atoms with Crippen LogP contribution in [0.4, 0.5) is 5.69 Å². The molecule has 0 fully saturated rings. The summed E-state index contributed by atoms with van der Waals surface area (Å²) in [6.45, 7) is 5.82. The Morgan fingerprint density at radius 2 is 1.85 bits per heavy atom. The van der Waals surface area contributed by atoms with E-state index < -0.39 is 16.2 Å². The number of nitro groups is 1. The number of hydrogen-bond donors (Lipinski definition) is 1. The van der Waals surface area contributed by atoms with Crippen LogP contribution in [0.3, 0.4) is 0 Å². The molecule has 0 aliphatic rings. The van der Waals surface area contributed by atoms with Crippen LogP contribution in [-0.2, 0) is 5.41 Å². The van der Waals surface area contributed by atoms with E-state index >= 15 is 0 Å². The normalized spacial score (nSPS) is 11.3. The van der Waals surface area contributed by atoms with Gasteiger partial charge in [0.1, 0.15) is 0 Å². The monoisotopic (exact) mass is 273 g/mol. The molecule has 0 spiro atoms. The van der Waals surface area contributed by atoms with Crippen molar-refractivity contribution < 1.29 is 4.92 Å². The minimum Gasteiger partial charge on any atom is -0.319 e. The number of nitrogens with zero attached hydrogens (tertiary/aromatic N) is 2. The lowest BCUT2D eigenvalue weighted by atomic mass is 9.86. The Labute approximate surface area is 115 Å². The molecule has 0 amide bonds. The van der Waals surface area contributed by atoms with Gasteiger partial charge in [-0.1, -0.05) is 20.8 Å². The van der Waals surface area contributed by atoms with Crippen molar-refractivity contribution >= 4 is 5.69 Å². The van der Waals surface area contributed by atoms with Crippen molar-refractivity contribution in [3.63, 3.8) is 0 Å². The smallest absolute Gasteiger partial charge is 0.319 e. The van der Waals surface area contributed by atoms with Crippen molar-refractivity contribution in [2.45, 2.75) is 26.2 Å². The number of nitrogens with one attached hydrogen (secondary N) is 1. The molecule has 0 unspecified atom stereocenters. The maximum atomic E-state index is 11.8. The predicted octanol–water partition coefficient (Wildman–Crippen LogP) is 2.64. The Hall–Kier alpha value is -2.50. The van der Waals surface area contributed by atoms with Gasteiger partial charge in [-0.05, 0) is 17.7 Å². The highest BCUT2D eigenvalue weighted by molar-refractivity contribution is 5.68. The summed E-state index contributed by atoms with van der Waals surface area (Å²) < 4.78 is 0. The van der Waals surface area contributed by atoms with E-state index in [1.54, 1.807) is 24.5 Å². The van der Waals surface area contributed by atoms with Gasteiger partial charge in [0.25, 0.3) is 0 Å². The van der Waals surface area contributed by atoms with Gasteiger partial charge in [-0.3, -0.25) is 19.9 Å². The lowest BCUT2D eigenvalue weighted by Gasteiger charge is -2.22. The number of hydrogen-bond acceptors (Lipinski definition) is 4. The Bertz CT molecular complexity index is 700. The largest absolute Gasteiger partial charge is 0.334 e. The molecule has 0 aliphatic heterocycles. The molecule has 0 aliphatic carbocycles. The van der Waals surface area contributed by atoms with Crippen LogP contribution < -0.4 is 5.56 Å². The van der Waals surface area contributed by atoms with E-state index in [1.807, 2.05) is 20.8 Å². The topological polar surface area (TPSA) is 88.9 Å². The molecule has 2 heterocycles. The third-order valence-electron chi connectivity index (χ3n) is 2.96. The zero-order chi connectivity index (χ0) is 14.9. The van der Waals surface area contributed by atoms with Crippen LogP contribution in [0.15, 0.2) is 35.4 Å². The molecule has 0 atom stereocenters. The molecule has 0 bridgehead atoms. The fourth-order valence-corrected chi connectivity index (χ4v) is 2.01. The van der Waals surface area contributed by atoms with Crippen molar-refractivity contribution in [1.82, 2.24) is 9.97 Å². The molecule has 2 aromatic heterocycles. The lowest BCUT2D eigenvalue weighted by Crippen LogP contribution is -2.22. The molecule has 2 rings (SSSR count). The van der Waals surface area contributed by atoms with Crippen molar-refractivity contribution in [1.29, 1.82) is 0 Å². The zero-order valence-electron chi connectivity index (χ0n) is 11.5. The molecule has 0 saturated carbocycles. The van der Waals surface area contributed by atoms with E-state index in [0.29, 0.717) is 11.3 Å². The summed E-state index contributed by atoms with van der Waals surface area (Å²) in [6.07, 6.45) is 3.22. The highest BCUT2D eigenvalue weighted by Crippen LogP contribution is 2.31. The average Bonchev–Trinajstić information content (AvgIpc) is 2.38. The number of H-pyrrole nitrogens is 1. The molecule has 104 valence electrons. The van der Waals surface area contributed by atoms with Crippen molar-refractivity contribution in [3.05, 3.63) is 56.8 Å². The molecular weight excluding hydrogens is 258 g/mol. The summed E-state index contributed by atoms with van der Waals surface area (Å²) in [5, 5.41) is 10.9. The Morgan fingerprint density at radius 3 is 2.35 bits per heavy atom. The van der Waals surface area contributed by atoms with Crippen LogP contribution in [0, 0.1) is 10.1 Å². The highest BCUT2D eigenvalue weighted by atomic mass is 16.6. The van der Waals surface area contributed by atoms with Gasteiger partial charge in [0.2, 0.25) is 0 Å². The summed E-state index contributed by atoms with van der Waals surface area (Å²) in [7, 11) is 0. The maximum absolute atomic E-state index is 11.8. The molecule has 2 aromatic rings. The number of rotatable bonds is 2. The van der Waals surface area contributed by atoms with Crippen molar-refractivity contribution in [3.8, 4) is 11.1 Å². The summed E-state index contributed by atoms with van der Waals surface area (Å²) in [4.78, 5) is 28.6. The zero-order valence-corrected chi connectivity index (χ0v) is 11.5. The molecule has 20 heavy (non-hydrogen) atoms. The fraction of sp³-hybridized carbons (Fsp3) is 0.286. The van der Waals surface area contributed by atoms with E-state index in [2.05, 4.69) is 9.97 Å². The van der Waals surface area contributed by atoms with Crippen molar-refractivity contribution in [2.75, 3.05) is 0 Å². The lowest BCUT2D eigenvalue weighted by molar-refractivity contribution is -0.386. The summed E-state index contributed by atoms with van der Waals surface area (Å²) >= 11 is 0. The van der Waals surface area contributed by atoms with Crippen LogP contribution >= 0.6 is 0 Å². The van der Waals surface area contributed by atoms with Crippen molar-refractivity contribution in [2.24, 2.45) is 0 Å².